The summed E-state index contributed by atoms with van der Waals surface area (Å²) in [5.74, 6) is 1.75. The molecule has 0 radical (unpaired) electrons. The van der Waals surface area contributed by atoms with Crippen LogP contribution in [0.2, 0.25) is 0 Å². The van der Waals surface area contributed by atoms with Gasteiger partial charge in [-0.1, -0.05) is 20.8 Å². The first kappa shape index (κ1) is 17.4. The molecule has 0 atom stereocenters. The fraction of sp³-hybridized carbons (Fsp3) is 0.733. The summed E-state index contributed by atoms with van der Waals surface area (Å²) in [6, 6.07) is 2.53. The monoisotopic (exact) mass is 342 g/mol. The minimum Gasteiger partial charge on any atom is -0.370 e. The average molecular weight is 343 g/mol. The Morgan fingerprint density at radius 1 is 1.30 bits per heavy atom. The van der Waals surface area contributed by atoms with Gasteiger partial charge in [-0.2, -0.15) is 0 Å². The highest BCUT2D eigenvalue weighted by Crippen LogP contribution is 2.22. The molecule has 0 fully saturated rings. The van der Waals surface area contributed by atoms with Crippen molar-refractivity contribution in [3.8, 4) is 0 Å². The first-order valence-electron chi connectivity index (χ1n) is 7.19. The number of nitrogens with zero attached hydrogens (tertiary/aromatic N) is 3. The van der Waals surface area contributed by atoms with Crippen molar-refractivity contribution in [1.82, 2.24) is 14.9 Å². The Morgan fingerprint density at radius 2 is 1.95 bits per heavy atom. The quantitative estimate of drug-likeness (QED) is 0.632. The molecule has 5 heteroatoms. The molecular weight excluding hydrogens is 316 g/mol. The molecule has 20 heavy (non-hydrogen) atoms. The molecule has 1 aromatic heterocycles. The van der Waals surface area contributed by atoms with E-state index in [1.807, 2.05) is 6.07 Å². The summed E-state index contributed by atoms with van der Waals surface area (Å²) in [5, 5.41) is 3.38. The van der Waals surface area contributed by atoms with Crippen LogP contribution in [0.15, 0.2) is 10.7 Å². The number of rotatable bonds is 6. The van der Waals surface area contributed by atoms with Crippen molar-refractivity contribution in [2.75, 3.05) is 25.5 Å². The van der Waals surface area contributed by atoms with Gasteiger partial charge in [0, 0.05) is 24.1 Å². The Hall–Kier alpha value is -0.680. The third kappa shape index (κ3) is 5.75. The van der Waals surface area contributed by atoms with E-state index < -0.39 is 0 Å². The molecule has 1 rings (SSSR count). The van der Waals surface area contributed by atoms with Gasteiger partial charge >= 0.3 is 0 Å². The zero-order chi connectivity index (χ0) is 15.3. The fourth-order valence-electron chi connectivity index (χ4n) is 1.65. The van der Waals surface area contributed by atoms with Crippen LogP contribution >= 0.6 is 15.9 Å². The van der Waals surface area contributed by atoms with Crippen LogP contribution in [0.3, 0.4) is 0 Å². The van der Waals surface area contributed by atoms with E-state index in [0.29, 0.717) is 6.04 Å². The first-order chi connectivity index (χ1) is 9.20. The van der Waals surface area contributed by atoms with Crippen LogP contribution in [0, 0.1) is 0 Å². The standard InChI is InChI=1S/C15H27BrN4/c1-11(2)20(6)9-7-8-17-13-10-12(16)18-14(19-13)15(3,4)5/h10-11H,7-9H2,1-6H3,(H,17,18,19). The number of halogens is 1. The van der Waals surface area contributed by atoms with Gasteiger partial charge in [-0.15, -0.1) is 0 Å². The molecule has 0 aromatic carbocycles. The van der Waals surface area contributed by atoms with Crippen molar-refractivity contribution in [3.05, 3.63) is 16.5 Å². The topological polar surface area (TPSA) is 41.0 Å². The summed E-state index contributed by atoms with van der Waals surface area (Å²) >= 11 is 3.46. The van der Waals surface area contributed by atoms with Gasteiger partial charge in [0.2, 0.25) is 0 Å². The van der Waals surface area contributed by atoms with Gasteiger partial charge in [0.05, 0.1) is 0 Å². The van der Waals surface area contributed by atoms with Crippen molar-refractivity contribution in [2.24, 2.45) is 0 Å². The smallest absolute Gasteiger partial charge is 0.137 e. The summed E-state index contributed by atoms with van der Waals surface area (Å²) in [6.45, 7) is 12.8. The number of anilines is 1. The Labute approximate surface area is 131 Å². The van der Waals surface area contributed by atoms with Gasteiger partial charge in [0.15, 0.2) is 0 Å². The SMILES string of the molecule is CC(C)N(C)CCCNc1cc(Br)nc(C(C)(C)C)n1. The van der Waals surface area contributed by atoms with Crippen LogP contribution in [-0.2, 0) is 5.41 Å². The second-order valence-electron chi connectivity index (χ2n) is 6.50. The molecule has 1 N–H and O–H groups in total. The molecule has 0 aliphatic carbocycles. The van der Waals surface area contributed by atoms with Gasteiger partial charge in [0.25, 0.3) is 0 Å². The van der Waals surface area contributed by atoms with E-state index in [9.17, 15) is 0 Å². The molecule has 0 aliphatic heterocycles. The fourth-order valence-corrected chi connectivity index (χ4v) is 2.03. The largest absolute Gasteiger partial charge is 0.370 e. The number of nitrogens with one attached hydrogen (secondary N) is 1. The third-order valence-electron chi connectivity index (χ3n) is 3.24. The summed E-state index contributed by atoms with van der Waals surface area (Å²) in [6.07, 6.45) is 1.10. The lowest BCUT2D eigenvalue weighted by Gasteiger charge is -2.21. The summed E-state index contributed by atoms with van der Waals surface area (Å²) in [7, 11) is 2.16. The Kier molecular flexibility index (Phi) is 6.40. The molecule has 0 saturated carbocycles. The maximum Gasteiger partial charge on any atom is 0.137 e. The van der Waals surface area contributed by atoms with Crippen molar-refractivity contribution in [2.45, 2.75) is 52.5 Å². The lowest BCUT2D eigenvalue weighted by Crippen LogP contribution is -2.28. The van der Waals surface area contributed by atoms with Crippen LogP contribution in [0.5, 0.6) is 0 Å². The Morgan fingerprint density at radius 3 is 2.50 bits per heavy atom. The van der Waals surface area contributed by atoms with E-state index in [-0.39, 0.29) is 5.41 Å². The van der Waals surface area contributed by atoms with Gasteiger partial charge < -0.3 is 10.2 Å². The molecule has 4 nitrogen and oxygen atoms in total. The van der Waals surface area contributed by atoms with E-state index in [1.165, 1.54) is 0 Å². The van der Waals surface area contributed by atoms with Crippen LogP contribution in [0.4, 0.5) is 5.82 Å². The second-order valence-corrected chi connectivity index (χ2v) is 7.32. The number of hydrogen-bond acceptors (Lipinski definition) is 4. The van der Waals surface area contributed by atoms with Gasteiger partial charge in [-0.25, -0.2) is 9.97 Å². The van der Waals surface area contributed by atoms with Gasteiger partial charge in [0.1, 0.15) is 16.2 Å². The molecule has 1 heterocycles. The highest BCUT2D eigenvalue weighted by Gasteiger charge is 2.18. The normalized spacial score (nSPS) is 12.2. The molecule has 0 aliphatic rings. The molecule has 114 valence electrons. The molecule has 1 aromatic rings. The van der Waals surface area contributed by atoms with Crippen molar-refractivity contribution in [1.29, 1.82) is 0 Å². The van der Waals surface area contributed by atoms with Crippen LogP contribution in [0.1, 0.15) is 46.9 Å². The van der Waals surface area contributed by atoms with E-state index in [4.69, 9.17) is 0 Å². The van der Waals surface area contributed by atoms with E-state index in [1.54, 1.807) is 0 Å². The summed E-state index contributed by atoms with van der Waals surface area (Å²) in [5.41, 5.74) is -0.0436. The zero-order valence-electron chi connectivity index (χ0n) is 13.5. The van der Waals surface area contributed by atoms with E-state index in [0.717, 1.165) is 35.8 Å². The second kappa shape index (κ2) is 7.36. The predicted octanol–water partition coefficient (Wildman–Crippen LogP) is 3.68. The summed E-state index contributed by atoms with van der Waals surface area (Å²) in [4.78, 5) is 11.4. The number of aromatic nitrogens is 2. The lowest BCUT2D eigenvalue weighted by atomic mass is 9.96. The highest BCUT2D eigenvalue weighted by atomic mass is 79.9. The maximum absolute atomic E-state index is 4.59. The minimum absolute atomic E-state index is 0.0436. The van der Waals surface area contributed by atoms with Crippen molar-refractivity contribution in [3.63, 3.8) is 0 Å². The Bertz CT molecular complexity index is 426. The minimum atomic E-state index is -0.0436. The molecule has 0 spiro atoms. The van der Waals surface area contributed by atoms with Crippen LogP contribution in [0.25, 0.3) is 0 Å². The molecule has 0 unspecified atom stereocenters. The third-order valence-corrected chi connectivity index (χ3v) is 3.65. The zero-order valence-corrected chi connectivity index (χ0v) is 15.1. The lowest BCUT2D eigenvalue weighted by molar-refractivity contribution is 0.273. The highest BCUT2D eigenvalue weighted by molar-refractivity contribution is 9.10. The van der Waals surface area contributed by atoms with Crippen molar-refractivity contribution >= 4 is 21.7 Å². The first-order valence-corrected chi connectivity index (χ1v) is 7.98. The van der Waals surface area contributed by atoms with Crippen LogP contribution < -0.4 is 5.32 Å². The average Bonchev–Trinajstić information content (AvgIpc) is 2.32. The molecule has 0 saturated heterocycles. The van der Waals surface area contributed by atoms with Gasteiger partial charge in [-0.3, -0.25) is 0 Å². The molecular formula is C15H27BrN4. The van der Waals surface area contributed by atoms with Gasteiger partial charge in [-0.05, 0) is 49.8 Å². The Balaban J connectivity index is 2.54. The van der Waals surface area contributed by atoms with Crippen LogP contribution in [-0.4, -0.2) is 41.0 Å². The van der Waals surface area contributed by atoms with E-state index >= 15 is 0 Å². The summed E-state index contributed by atoms with van der Waals surface area (Å²) < 4.78 is 0.833. The predicted molar refractivity (Wildman–Crippen MR) is 89.3 cm³/mol. The number of hydrogen-bond donors (Lipinski definition) is 1. The molecule has 0 amide bonds. The van der Waals surface area contributed by atoms with Crippen molar-refractivity contribution < 1.29 is 0 Å². The molecule has 0 bridgehead atoms. The van der Waals surface area contributed by atoms with E-state index in [2.05, 4.69) is 77.8 Å². The maximum atomic E-state index is 4.59.